The quantitative estimate of drug-likeness (QED) is 0.181. The number of fused-ring (bicyclic) bond motifs is 17. The van der Waals surface area contributed by atoms with Gasteiger partial charge in [-0.05, 0) is 72.8 Å². The van der Waals surface area contributed by atoms with Crippen LogP contribution in [-0.2, 0) is 21.1 Å². The van der Waals surface area contributed by atoms with Gasteiger partial charge in [-0.25, -0.2) is 9.97 Å². The topological polar surface area (TPSA) is 54.3 Å². The molecule has 0 atom stereocenters. The average Bonchev–Trinajstić information content (AvgIpc) is 3.95. The number of aryl methyl sites for hydroxylation is 3. The maximum absolute atomic E-state index is 5.34. The lowest BCUT2D eigenvalue weighted by molar-refractivity contribution is 0.973. The van der Waals surface area contributed by atoms with Crippen LogP contribution < -0.4 is 0 Å². The van der Waals surface area contributed by atoms with Crippen molar-refractivity contribution in [3.05, 3.63) is 115 Å². The number of imidazole rings is 4. The van der Waals surface area contributed by atoms with Crippen LogP contribution in [0.15, 0.2) is 115 Å². The minimum absolute atomic E-state index is 0.909. The summed E-state index contributed by atoms with van der Waals surface area (Å²) < 4.78 is 13.7. The van der Waals surface area contributed by atoms with Crippen LogP contribution in [0.2, 0.25) is 0 Å². The van der Waals surface area contributed by atoms with Gasteiger partial charge in [0.25, 0.3) is 0 Å². The second-order valence-corrected chi connectivity index (χ2v) is 13.4. The second kappa shape index (κ2) is 8.48. The Kier molecular flexibility index (Phi) is 4.42. The van der Waals surface area contributed by atoms with E-state index in [-0.39, 0.29) is 0 Å². The molecule has 6 heterocycles. The van der Waals surface area contributed by atoms with E-state index < -0.39 is 0 Å². The number of para-hydroxylation sites is 5. The molecule has 12 rings (SSSR count). The molecule has 6 aromatic heterocycles. The first-order valence-corrected chi connectivity index (χ1v) is 16.6. The summed E-state index contributed by atoms with van der Waals surface area (Å²) in [6.07, 6.45) is 0. The van der Waals surface area contributed by atoms with Crippen molar-refractivity contribution >= 4 is 99.3 Å². The monoisotopic (exact) mass is 632 g/mol. The van der Waals surface area contributed by atoms with E-state index in [0.29, 0.717) is 0 Å². The summed E-state index contributed by atoms with van der Waals surface area (Å²) in [5, 5.41) is 4.89. The Morgan fingerprint density at radius 2 is 1.04 bits per heavy atom. The SMILES string of the molecule is Cn1c2ccc(-n3c4ccccc4n4c5c(ccc6c5c5ccccc5n6C)nc34)cc2c2cc3c(cc21)nc1n(C)c2ccccc2n31. The van der Waals surface area contributed by atoms with Gasteiger partial charge in [0.15, 0.2) is 0 Å². The van der Waals surface area contributed by atoms with Gasteiger partial charge in [0.05, 0.1) is 55.2 Å². The molecule has 12 aromatic rings. The first kappa shape index (κ1) is 25.5. The fourth-order valence-corrected chi connectivity index (χ4v) is 8.78. The van der Waals surface area contributed by atoms with Crippen molar-refractivity contribution in [3.8, 4) is 5.69 Å². The molecule has 232 valence electrons. The highest BCUT2D eigenvalue weighted by molar-refractivity contribution is 6.20. The normalized spacial score (nSPS) is 12.8. The van der Waals surface area contributed by atoms with Crippen LogP contribution in [0.5, 0.6) is 0 Å². The van der Waals surface area contributed by atoms with E-state index in [9.17, 15) is 0 Å². The molecule has 0 unspecified atom stereocenters. The maximum atomic E-state index is 5.34. The van der Waals surface area contributed by atoms with Crippen molar-refractivity contribution in [2.24, 2.45) is 21.1 Å². The summed E-state index contributed by atoms with van der Waals surface area (Å²) in [4.78, 5) is 10.4. The van der Waals surface area contributed by atoms with Gasteiger partial charge < -0.3 is 13.7 Å². The Bertz CT molecular complexity index is 3430. The number of rotatable bonds is 1. The molecule has 0 amide bonds. The third-order valence-corrected chi connectivity index (χ3v) is 11.0. The molecular weight excluding hydrogens is 605 g/mol. The lowest BCUT2D eigenvalue weighted by Gasteiger charge is -2.06. The lowest BCUT2D eigenvalue weighted by atomic mass is 10.1. The van der Waals surface area contributed by atoms with Crippen LogP contribution in [0.1, 0.15) is 0 Å². The molecule has 0 spiro atoms. The smallest absolute Gasteiger partial charge is 0.220 e. The first-order valence-electron chi connectivity index (χ1n) is 16.6. The molecule has 0 N–H and O–H groups in total. The zero-order valence-electron chi connectivity index (χ0n) is 27.0. The van der Waals surface area contributed by atoms with Crippen LogP contribution >= 0.6 is 0 Å². The molecule has 0 saturated heterocycles. The molecule has 6 aromatic carbocycles. The van der Waals surface area contributed by atoms with Gasteiger partial charge in [-0.2, -0.15) is 0 Å². The van der Waals surface area contributed by atoms with Crippen molar-refractivity contribution in [2.45, 2.75) is 0 Å². The van der Waals surface area contributed by atoms with E-state index in [4.69, 9.17) is 9.97 Å². The van der Waals surface area contributed by atoms with E-state index in [1.165, 1.54) is 49.1 Å². The van der Waals surface area contributed by atoms with Crippen molar-refractivity contribution < 1.29 is 0 Å². The number of benzene rings is 6. The Morgan fingerprint density at radius 3 is 1.88 bits per heavy atom. The van der Waals surface area contributed by atoms with Crippen LogP contribution in [0.25, 0.3) is 105 Å². The summed E-state index contributed by atoms with van der Waals surface area (Å²) in [6.45, 7) is 0. The zero-order valence-corrected chi connectivity index (χ0v) is 27.0. The third kappa shape index (κ3) is 2.93. The van der Waals surface area contributed by atoms with Crippen LogP contribution in [0.4, 0.5) is 0 Å². The number of hydrogen-bond acceptors (Lipinski definition) is 2. The second-order valence-electron chi connectivity index (χ2n) is 13.4. The predicted molar refractivity (Wildman–Crippen MR) is 200 cm³/mol. The van der Waals surface area contributed by atoms with Gasteiger partial charge in [0.1, 0.15) is 0 Å². The Labute approximate surface area is 277 Å². The van der Waals surface area contributed by atoms with Gasteiger partial charge in [-0.15, -0.1) is 0 Å². The largest absolute Gasteiger partial charge is 0.344 e. The molecule has 0 radical (unpaired) electrons. The van der Waals surface area contributed by atoms with E-state index in [1.807, 2.05) is 0 Å². The molecule has 8 nitrogen and oxygen atoms in total. The van der Waals surface area contributed by atoms with Gasteiger partial charge in [0, 0.05) is 59.4 Å². The fourth-order valence-electron chi connectivity index (χ4n) is 8.78. The van der Waals surface area contributed by atoms with Gasteiger partial charge in [-0.3, -0.25) is 13.4 Å². The average molecular weight is 633 g/mol. The molecule has 8 heteroatoms. The van der Waals surface area contributed by atoms with Crippen molar-refractivity contribution in [3.63, 3.8) is 0 Å². The molecule has 49 heavy (non-hydrogen) atoms. The maximum Gasteiger partial charge on any atom is 0.220 e. The Morgan fingerprint density at radius 1 is 0.408 bits per heavy atom. The number of aromatic nitrogens is 8. The molecule has 0 aliphatic heterocycles. The third-order valence-electron chi connectivity index (χ3n) is 11.0. The van der Waals surface area contributed by atoms with E-state index >= 15 is 0 Å². The van der Waals surface area contributed by atoms with Gasteiger partial charge >= 0.3 is 0 Å². The molecule has 0 aliphatic carbocycles. The number of hydrogen-bond donors (Lipinski definition) is 0. The minimum Gasteiger partial charge on any atom is -0.344 e. The number of nitrogens with zero attached hydrogens (tertiary/aromatic N) is 8. The van der Waals surface area contributed by atoms with E-state index in [1.54, 1.807) is 0 Å². The molecular formula is C41H28N8. The standard InChI is InChI=1S/C41H28N8/c1-44-29-11-5-4-10-24(29)38-35(44)19-17-27-39(38)49-34-15-9-8-14-33(34)47(41(49)42-27)23-16-18-30-25(20-23)26-21-37-28(22-36(26)45(30)2)43-40-46(3)31-12-6-7-13-32(31)48(37)40/h4-22H,1-3H3. The lowest BCUT2D eigenvalue weighted by Crippen LogP contribution is -1.95. The van der Waals surface area contributed by atoms with E-state index in [0.717, 1.165) is 55.9 Å². The predicted octanol–water partition coefficient (Wildman–Crippen LogP) is 9.01. The van der Waals surface area contributed by atoms with Crippen molar-refractivity contribution in [1.82, 2.24) is 37.0 Å². The highest BCUT2D eigenvalue weighted by Crippen LogP contribution is 2.39. The van der Waals surface area contributed by atoms with Crippen LogP contribution in [0, 0.1) is 0 Å². The van der Waals surface area contributed by atoms with Crippen LogP contribution in [0.3, 0.4) is 0 Å². The van der Waals surface area contributed by atoms with Gasteiger partial charge in [0.2, 0.25) is 11.6 Å². The first-order chi connectivity index (χ1) is 24.1. The zero-order chi connectivity index (χ0) is 32.3. The highest BCUT2D eigenvalue weighted by atomic mass is 15.2. The Balaban J connectivity index is 1.19. The summed E-state index contributed by atoms with van der Waals surface area (Å²) in [7, 11) is 6.40. The molecule has 0 fully saturated rings. The molecule has 0 aliphatic rings. The van der Waals surface area contributed by atoms with E-state index in [2.05, 4.69) is 163 Å². The Hall–Kier alpha value is -6.54. The molecule has 0 bridgehead atoms. The summed E-state index contributed by atoms with van der Waals surface area (Å²) in [5.41, 5.74) is 14.7. The highest BCUT2D eigenvalue weighted by Gasteiger charge is 2.22. The van der Waals surface area contributed by atoms with Crippen molar-refractivity contribution in [1.29, 1.82) is 0 Å². The minimum atomic E-state index is 0.909. The van der Waals surface area contributed by atoms with Crippen molar-refractivity contribution in [2.75, 3.05) is 0 Å². The fraction of sp³-hybridized carbons (Fsp3) is 0.0732. The van der Waals surface area contributed by atoms with Crippen LogP contribution in [-0.4, -0.2) is 37.0 Å². The summed E-state index contributed by atoms with van der Waals surface area (Å²) in [6, 6.07) is 41.6. The summed E-state index contributed by atoms with van der Waals surface area (Å²) >= 11 is 0. The molecule has 0 saturated carbocycles. The summed E-state index contributed by atoms with van der Waals surface area (Å²) in [5.74, 6) is 1.86. The van der Waals surface area contributed by atoms with Gasteiger partial charge in [-0.1, -0.05) is 42.5 Å².